The van der Waals surface area contributed by atoms with Crippen molar-refractivity contribution in [2.75, 3.05) is 11.9 Å². The minimum atomic E-state index is -0.834. The average Bonchev–Trinajstić information content (AvgIpc) is 3.47. The summed E-state index contributed by atoms with van der Waals surface area (Å²) in [6, 6.07) is 30.2. The quantitative estimate of drug-likeness (QED) is 0.356. The van der Waals surface area contributed by atoms with Crippen molar-refractivity contribution >= 4 is 17.5 Å². The Hall–Kier alpha value is -4.29. The van der Waals surface area contributed by atoms with Crippen LogP contribution < -0.4 is 11.1 Å². The van der Waals surface area contributed by atoms with E-state index in [-0.39, 0.29) is 23.9 Å². The molecule has 1 fully saturated rings. The number of carbonyl (C=O) groups is 2. The summed E-state index contributed by atoms with van der Waals surface area (Å²) in [6.07, 6.45) is 4.99. The van der Waals surface area contributed by atoms with E-state index in [0.29, 0.717) is 17.8 Å². The van der Waals surface area contributed by atoms with E-state index >= 15 is 0 Å². The summed E-state index contributed by atoms with van der Waals surface area (Å²) in [5, 5.41) is 2.87. The van der Waals surface area contributed by atoms with Crippen LogP contribution in [-0.4, -0.2) is 34.3 Å². The highest BCUT2D eigenvalue weighted by Gasteiger charge is 2.44. The van der Waals surface area contributed by atoms with Crippen LogP contribution in [0.25, 0.3) is 0 Å². The highest BCUT2D eigenvalue weighted by molar-refractivity contribution is 6.04. The van der Waals surface area contributed by atoms with E-state index in [0.717, 1.165) is 29.5 Å². The molecule has 0 aliphatic carbocycles. The smallest absolute Gasteiger partial charge is 0.255 e. The number of rotatable bonds is 7. The Labute approximate surface area is 223 Å². The normalized spacial score (nSPS) is 16.2. The second kappa shape index (κ2) is 11.0. The van der Waals surface area contributed by atoms with Gasteiger partial charge in [0.1, 0.15) is 0 Å². The lowest BCUT2D eigenvalue weighted by molar-refractivity contribution is -0.136. The summed E-state index contributed by atoms with van der Waals surface area (Å²) in [4.78, 5) is 32.9. The number of benzene rings is 3. The minimum absolute atomic E-state index is 0.0567. The summed E-state index contributed by atoms with van der Waals surface area (Å²) in [5.74, 6) is -0.142. The summed E-state index contributed by atoms with van der Waals surface area (Å²) in [6.45, 7) is 2.68. The molecular formula is C32H32N4O2. The number of anilines is 1. The maximum Gasteiger partial charge on any atom is 0.255 e. The molecule has 1 saturated heterocycles. The fourth-order valence-electron chi connectivity index (χ4n) is 5.38. The molecule has 3 aromatic carbocycles. The molecule has 192 valence electrons. The first kappa shape index (κ1) is 25.4. The summed E-state index contributed by atoms with van der Waals surface area (Å²) in [5.41, 5.74) is 10.0. The van der Waals surface area contributed by atoms with Gasteiger partial charge >= 0.3 is 0 Å². The van der Waals surface area contributed by atoms with Gasteiger partial charge < -0.3 is 16.0 Å². The van der Waals surface area contributed by atoms with Crippen molar-refractivity contribution in [2.24, 2.45) is 5.73 Å². The number of nitrogens with zero attached hydrogens (tertiary/aromatic N) is 2. The third-order valence-corrected chi connectivity index (χ3v) is 7.60. The largest absolute Gasteiger partial charge is 0.337 e. The van der Waals surface area contributed by atoms with Gasteiger partial charge in [-0.25, -0.2) is 0 Å². The predicted molar refractivity (Wildman–Crippen MR) is 150 cm³/mol. The van der Waals surface area contributed by atoms with Gasteiger partial charge in [0.2, 0.25) is 5.91 Å². The standard InChI is InChI=1S/C32H32N4O2/c1-32(25-9-4-2-5-10-25,26-11-6-3-7-12-26)31(38)36-22-8-13-28(36)29(33)23-14-16-24(17-15-23)30(37)35-27-18-20-34-21-19-27/h2-7,9-12,14-21,28-29H,8,13,22,33H2,1H3,(H,34,35,37). The van der Waals surface area contributed by atoms with Crippen LogP contribution in [0.15, 0.2) is 109 Å². The molecule has 0 spiro atoms. The lowest BCUT2D eigenvalue weighted by Crippen LogP contribution is -2.50. The molecule has 2 atom stereocenters. The molecule has 0 radical (unpaired) electrons. The second-order valence-corrected chi connectivity index (χ2v) is 9.90. The molecule has 4 aromatic rings. The zero-order chi connectivity index (χ0) is 26.5. The molecule has 0 bridgehead atoms. The molecule has 1 aliphatic heterocycles. The highest BCUT2D eigenvalue weighted by Crippen LogP contribution is 2.38. The molecule has 2 amide bonds. The molecular weight excluding hydrogens is 472 g/mol. The van der Waals surface area contributed by atoms with Crippen LogP contribution in [0.2, 0.25) is 0 Å². The average molecular weight is 505 g/mol. The number of hydrogen-bond donors (Lipinski definition) is 2. The monoisotopic (exact) mass is 504 g/mol. The molecule has 0 saturated carbocycles. The molecule has 3 N–H and O–H groups in total. The van der Waals surface area contributed by atoms with Crippen molar-refractivity contribution in [3.63, 3.8) is 0 Å². The number of likely N-dealkylation sites (tertiary alicyclic amines) is 1. The van der Waals surface area contributed by atoms with Crippen molar-refractivity contribution in [3.8, 4) is 0 Å². The van der Waals surface area contributed by atoms with E-state index in [1.165, 1.54) is 0 Å². The molecule has 1 aromatic heterocycles. The molecule has 5 rings (SSSR count). The van der Waals surface area contributed by atoms with Crippen LogP contribution in [0, 0.1) is 0 Å². The maximum atomic E-state index is 14.3. The van der Waals surface area contributed by atoms with Gasteiger partial charge in [-0.1, -0.05) is 72.8 Å². The van der Waals surface area contributed by atoms with E-state index in [2.05, 4.69) is 10.3 Å². The Kier molecular flexibility index (Phi) is 7.33. The van der Waals surface area contributed by atoms with E-state index in [1.54, 1.807) is 36.7 Å². The fourth-order valence-corrected chi connectivity index (χ4v) is 5.38. The number of carbonyl (C=O) groups excluding carboxylic acids is 2. The zero-order valence-corrected chi connectivity index (χ0v) is 21.5. The van der Waals surface area contributed by atoms with E-state index < -0.39 is 5.41 Å². The van der Waals surface area contributed by atoms with Gasteiger partial charge in [-0.05, 0) is 60.7 Å². The maximum absolute atomic E-state index is 14.3. The van der Waals surface area contributed by atoms with Gasteiger partial charge in [0.15, 0.2) is 0 Å². The summed E-state index contributed by atoms with van der Waals surface area (Å²) < 4.78 is 0. The lowest BCUT2D eigenvalue weighted by atomic mass is 9.74. The molecule has 2 heterocycles. The lowest BCUT2D eigenvalue weighted by Gasteiger charge is -2.38. The van der Waals surface area contributed by atoms with Crippen LogP contribution in [0.1, 0.15) is 52.9 Å². The van der Waals surface area contributed by atoms with Crippen molar-refractivity contribution in [1.29, 1.82) is 0 Å². The van der Waals surface area contributed by atoms with Gasteiger partial charge in [-0.3, -0.25) is 14.6 Å². The van der Waals surface area contributed by atoms with Gasteiger partial charge in [0.25, 0.3) is 5.91 Å². The zero-order valence-electron chi connectivity index (χ0n) is 21.5. The number of amides is 2. The Bertz CT molecular complexity index is 1340. The van der Waals surface area contributed by atoms with E-state index in [9.17, 15) is 9.59 Å². The van der Waals surface area contributed by atoms with Gasteiger partial charge in [-0.2, -0.15) is 0 Å². The van der Waals surface area contributed by atoms with Crippen molar-refractivity contribution in [1.82, 2.24) is 9.88 Å². The number of hydrogen-bond acceptors (Lipinski definition) is 4. The van der Waals surface area contributed by atoms with Crippen LogP contribution in [0.4, 0.5) is 5.69 Å². The van der Waals surface area contributed by atoms with Crippen molar-refractivity contribution in [3.05, 3.63) is 132 Å². The number of pyridine rings is 1. The van der Waals surface area contributed by atoms with Crippen LogP contribution in [0.5, 0.6) is 0 Å². The Morgan fingerprint density at radius 3 is 2.05 bits per heavy atom. The van der Waals surface area contributed by atoms with Gasteiger partial charge in [0, 0.05) is 30.2 Å². The molecule has 6 nitrogen and oxygen atoms in total. The van der Waals surface area contributed by atoms with Crippen LogP contribution in [0.3, 0.4) is 0 Å². The van der Waals surface area contributed by atoms with Gasteiger partial charge in [0.05, 0.1) is 17.5 Å². The molecule has 6 heteroatoms. The number of nitrogens with one attached hydrogen (secondary N) is 1. The minimum Gasteiger partial charge on any atom is -0.337 e. The summed E-state index contributed by atoms with van der Waals surface area (Å²) in [7, 11) is 0. The Morgan fingerprint density at radius 1 is 0.895 bits per heavy atom. The predicted octanol–water partition coefficient (Wildman–Crippen LogP) is 5.33. The fraction of sp³-hybridized carbons (Fsp3) is 0.219. The number of nitrogens with two attached hydrogens (primary N) is 1. The third kappa shape index (κ3) is 4.95. The Balaban J connectivity index is 1.38. The van der Waals surface area contributed by atoms with Crippen molar-refractivity contribution < 1.29 is 9.59 Å². The second-order valence-electron chi connectivity index (χ2n) is 9.90. The summed E-state index contributed by atoms with van der Waals surface area (Å²) >= 11 is 0. The molecule has 1 aliphatic rings. The van der Waals surface area contributed by atoms with Crippen LogP contribution >= 0.6 is 0 Å². The molecule has 38 heavy (non-hydrogen) atoms. The highest BCUT2D eigenvalue weighted by atomic mass is 16.2. The topological polar surface area (TPSA) is 88.3 Å². The first-order valence-corrected chi connectivity index (χ1v) is 13.0. The van der Waals surface area contributed by atoms with Crippen LogP contribution in [-0.2, 0) is 10.2 Å². The molecule has 2 unspecified atom stereocenters. The third-order valence-electron chi connectivity index (χ3n) is 7.60. The van der Waals surface area contributed by atoms with E-state index in [1.807, 2.05) is 84.6 Å². The van der Waals surface area contributed by atoms with Gasteiger partial charge in [-0.15, -0.1) is 0 Å². The SMILES string of the molecule is CC(C(=O)N1CCCC1C(N)c1ccc(C(=O)Nc2ccncc2)cc1)(c1ccccc1)c1ccccc1. The van der Waals surface area contributed by atoms with E-state index in [4.69, 9.17) is 5.73 Å². The number of aromatic nitrogens is 1. The first-order chi connectivity index (χ1) is 18.5. The van der Waals surface area contributed by atoms with Crippen molar-refractivity contribution in [2.45, 2.75) is 37.3 Å². The first-order valence-electron chi connectivity index (χ1n) is 13.0. The Morgan fingerprint density at radius 2 is 1.47 bits per heavy atom.